The first-order valence-electron chi connectivity index (χ1n) is 2.19. The van der Waals surface area contributed by atoms with Gasteiger partial charge in [-0.2, -0.15) is 8.78 Å². The molecule has 0 spiro atoms. The second-order valence-corrected chi connectivity index (χ2v) is 2.22. The van der Waals surface area contributed by atoms with Crippen molar-refractivity contribution in [1.82, 2.24) is 5.32 Å². The zero-order chi connectivity index (χ0) is 7.49. The maximum Gasteiger partial charge on any atom is 0.370 e. The third kappa shape index (κ3) is 2.17. The number of rotatable bonds is 2. The van der Waals surface area contributed by atoms with Crippen molar-refractivity contribution in [3.8, 4) is 0 Å². The van der Waals surface area contributed by atoms with Crippen LogP contribution in [0, 0.1) is 0 Å². The number of alkyl halides is 2. The fraction of sp³-hybridized carbons (Fsp3) is 0.750. The lowest BCUT2D eigenvalue weighted by Crippen LogP contribution is -2.34. The normalized spacial score (nSPS) is 11.1. The molecule has 0 fully saturated rings. The van der Waals surface area contributed by atoms with Crippen LogP contribution in [0.2, 0.25) is 0 Å². The third-order valence-corrected chi connectivity index (χ3v) is 1.45. The van der Waals surface area contributed by atoms with Crippen LogP contribution in [0.4, 0.5) is 8.78 Å². The molecule has 1 N–H and O–H groups in total. The summed E-state index contributed by atoms with van der Waals surface area (Å²) in [5.74, 6) is -1.25. The zero-order valence-electron chi connectivity index (χ0n) is 5.07. The average molecular weight is 155 g/mol. The van der Waals surface area contributed by atoms with E-state index in [1.807, 2.05) is 5.32 Å². The smallest absolute Gasteiger partial charge is 0.353 e. The van der Waals surface area contributed by atoms with Gasteiger partial charge in [-0.1, -0.05) is 11.8 Å². The van der Waals surface area contributed by atoms with Gasteiger partial charge in [0.2, 0.25) is 0 Å². The van der Waals surface area contributed by atoms with Crippen molar-refractivity contribution in [2.45, 2.75) is 5.25 Å². The van der Waals surface area contributed by atoms with Crippen LogP contribution in [0.3, 0.4) is 0 Å². The minimum Gasteiger partial charge on any atom is -0.353 e. The van der Waals surface area contributed by atoms with E-state index in [4.69, 9.17) is 0 Å². The molecule has 0 bridgehead atoms. The van der Waals surface area contributed by atoms with Gasteiger partial charge in [-0.05, 0) is 6.26 Å². The SMILES string of the molecule is CNC(=O)C(F)(F)SC. The van der Waals surface area contributed by atoms with Crippen molar-refractivity contribution in [2.75, 3.05) is 13.3 Å². The van der Waals surface area contributed by atoms with Crippen molar-refractivity contribution in [3.05, 3.63) is 0 Å². The van der Waals surface area contributed by atoms with Gasteiger partial charge in [-0.15, -0.1) is 0 Å². The molecule has 0 atom stereocenters. The first kappa shape index (κ1) is 8.68. The summed E-state index contributed by atoms with van der Waals surface area (Å²) < 4.78 is 24.2. The standard InChI is InChI=1S/C4H7F2NOS/c1-7-3(8)4(5,6)9-2/h1-2H3,(H,7,8). The molecule has 0 unspecified atom stereocenters. The highest BCUT2D eigenvalue weighted by molar-refractivity contribution is 8.00. The zero-order valence-corrected chi connectivity index (χ0v) is 5.89. The molecule has 0 aliphatic rings. The Morgan fingerprint density at radius 2 is 2.11 bits per heavy atom. The monoisotopic (exact) mass is 155 g/mol. The Kier molecular flexibility index (Phi) is 2.90. The van der Waals surface area contributed by atoms with Crippen molar-refractivity contribution >= 4 is 17.7 Å². The highest BCUT2D eigenvalue weighted by Crippen LogP contribution is 2.25. The van der Waals surface area contributed by atoms with Crippen molar-refractivity contribution in [3.63, 3.8) is 0 Å². The molecule has 1 amide bonds. The number of thioether (sulfide) groups is 1. The molecule has 0 saturated carbocycles. The quantitative estimate of drug-likeness (QED) is 0.635. The van der Waals surface area contributed by atoms with Crippen LogP contribution in [0.15, 0.2) is 0 Å². The molecular weight excluding hydrogens is 148 g/mol. The lowest BCUT2D eigenvalue weighted by atomic mass is 10.6. The van der Waals surface area contributed by atoms with Gasteiger partial charge in [0, 0.05) is 7.05 Å². The average Bonchev–Trinajstić information content (AvgIpc) is 1.86. The molecule has 0 aromatic carbocycles. The summed E-state index contributed by atoms with van der Waals surface area (Å²) in [7, 11) is 1.17. The first-order valence-corrected chi connectivity index (χ1v) is 3.42. The predicted octanol–water partition coefficient (Wildman–Crippen LogP) is 0.688. The van der Waals surface area contributed by atoms with Crippen LogP contribution >= 0.6 is 11.8 Å². The highest BCUT2D eigenvalue weighted by Gasteiger charge is 2.36. The molecule has 0 saturated heterocycles. The van der Waals surface area contributed by atoms with Crippen molar-refractivity contribution < 1.29 is 13.6 Å². The van der Waals surface area contributed by atoms with Crippen LogP contribution < -0.4 is 5.32 Å². The molecule has 5 heteroatoms. The first-order chi connectivity index (χ1) is 4.04. The Bertz CT molecular complexity index is 117. The third-order valence-electron chi connectivity index (χ3n) is 0.748. The molecule has 0 aromatic heterocycles. The van der Waals surface area contributed by atoms with Crippen LogP contribution in [-0.4, -0.2) is 24.5 Å². The largest absolute Gasteiger partial charge is 0.370 e. The second-order valence-electron chi connectivity index (χ2n) is 1.30. The van der Waals surface area contributed by atoms with Gasteiger partial charge in [0.15, 0.2) is 0 Å². The lowest BCUT2D eigenvalue weighted by Gasteiger charge is -2.09. The number of carbonyl (C=O) groups excluding carboxylic acids is 1. The maximum absolute atomic E-state index is 12.1. The molecule has 2 nitrogen and oxygen atoms in total. The van der Waals surface area contributed by atoms with E-state index in [9.17, 15) is 13.6 Å². The minimum atomic E-state index is -3.28. The van der Waals surface area contributed by atoms with E-state index in [1.54, 1.807) is 0 Å². The summed E-state index contributed by atoms with van der Waals surface area (Å²) in [6, 6.07) is 0. The van der Waals surface area contributed by atoms with Crippen LogP contribution in [-0.2, 0) is 4.79 Å². The van der Waals surface area contributed by atoms with Crippen LogP contribution in [0.1, 0.15) is 0 Å². The second kappa shape index (κ2) is 3.00. The maximum atomic E-state index is 12.1. The molecule has 0 aliphatic carbocycles. The predicted molar refractivity (Wildman–Crippen MR) is 32.5 cm³/mol. The number of halogens is 2. The fourth-order valence-electron chi connectivity index (χ4n) is 0.238. The van der Waals surface area contributed by atoms with E-state index >= 15 is 0 Å². The van der Waals surface area contributed by atoms with Gasteiger partial charge in [-0.25, -0.2) is 0 Å². The van der Waals surface area contributed by atoms with Gasteiger partial charge >= 0.3 is 11.2 Å². The molecular formula is C4H7F2NOS. The minimum absolute atomic E-state index is 0.214. The van der Waals surface area contributed by atoms with E-state index in [2.05, 4.69) is 0 Å². The molecule has 0 aliphatic heterocycles. The van der Waals surface area contributed by atoms with Crippen molar-refractivity contribution in [1.29, 1.82) is 0 Å². The van der Waals surface area contributed by atoms with Gasteiger partial charge in [0.1, 0.15) is 0 Å². The summed E-state index contributed by atoms with van der Waals surface area (Å²) in [6.07, 6.45) is 1.18. The molecule has 54 valence electrons. The molecule has 0 rings (SSSR count). The Balaban J connectivity index is 3.97. The van der Waals surface area contributed by atoms with Gasteiger partial charge < -0.3 is 5.32 Å². The topological polar surface area (TPSA) is 29.1 Å². The Morgan fingerprint density at radius 1 is 1.67 bits per heavy atom. The van der Waals surface area contributed by atoms with Gasteiger partial charge in [0.05, 0.1) is 0 Å². The number of amides is 1. The van der Waals surface area contributed by atoms with Gasteiger partial charge in [-0.3, -0.25) is 4.79 Å². The van der Waals surface area contributed by atoms with E-state index in [0.717, 1.165) is 0 Å². The number of hydrogen-bond acceptors (Lipinski definition) is 2. The summed E-state index contributed by atoms with van der Waals surface area (Å²) in [4.78, 5) is 10.2. The summed E-state index contributed by atoms with van der Waals surface area (Å²) >= 11 is 0.214. The van der Waals surface area contributed by atoms with E-state index < -0.39 is 11.2 Å². The highest BCUT2D eigenvalue weighted by atomic mass is 32.2. The number of hydrogen-bond donors (Lipinski definition) is 1. The van der Waals surface area contributed by atoms with E-state index in [0.29, 0.717) is 0 Å². The van der Waals surface area contributed by atoms with Crippen molar-refractivity contribution in [2.24, 2.45) is 0 Å². The van der Waals surface area contributed by atoms with E-state index in [1.165, 1.54) is 13.3 Å². The molecule has 9 heavy (non-hydrogen) atoms. The Hall–Kier alpha value is -0.320. The van der Waals surface area contributed by atoms with Gasteiger partial charge in [0.25, 0.3) is 0 Å². The number of carbonyl (C=O) groups is 1. The summed E-state index contributed by atoms with van der Waals surface area (Å²) in [6.45, 7) is 0. The summed E-state index contributed by atoms with van der Waals surface area (Å²) in [5, 5.41) is -1.44. The Morgan fingerprint density at radius 3 is 2.22 bits per heavy atom. The van der Waals surface area contributed by atoms with Crippen LogP contribution in [0.25, 0.3) is 0 Å². The molecule has 0 radical (unpaired) electrons. The molecule has 0 heterocycles. The fourth-order valence-corrected chi connectivity index (χ4v) is 0.526. The van der Waals surface area contributed by atoms with Crippen LogP contribution in [0.5, 0.6) is 0 Å². The van der Waals surface area contributed by atoms with E-state index in [-0.39, 0.29) is 11.8 Å². The summed E-state index contributed by atoms with van der Waals surface area (Å²) in [5.41, 5.74) is 0. The lowest BCUT2D eigenvalue weighted by molar-refractivity contribution is -0.134. The number of nitrogens with one attached hydrogen (secondary N) is 1. The Labute approximate surface area is 56.0 Å². The molecule has 0 aromatic rings.